The first-order chi connectivity index (χ1) is 9.06. The van der Waals surface area contributed by atoms with Gasteiger partial charge in [-0.2, -0.15) is 15.0 Å². The van der Waals surface area contributed by atoms with Crippen molar-refractivity contribution in [3.8, 4) is 0 Å². The van der Waals surface area contributed by atoms with Gasteiger partial charge in [0, 0.05) is 4.47 Å². The van der Waals surface area contributed by atoms with Gasteiger partial charge in [0.15, 0.2) is 0 Å². The predicted molar refractivity (Wildman–Crippen MR) is 83.3 cm³/mol. The Balaban J connectivity index is 1.91. The van der Waals surface area contributed by atoms with E-state index in [9.17, 15) is 0 Å². The van der Waals surface area contributed by atoms with Crippen LogP contribution >= 0.6 is 15.9 Å². The average Bonchev–Trinajstić information content (AvgIpc) is 2.71. The Kier molecular flexibility index (Phi) is 4.97. The molecule has 0 fully saturated rings. The number of hydrogen-bond donors (Lipinski definition) is 0. The number of rotatable bonds is 6. The standard InChI is InChI=1S/C15H22BrN3/c1-11(2)7-5-4-6-8-19-17-14-9-12(3)13(16)10-15(14)18-19/h9-11H,4-8H2,1-3H3. The molecule has 4 heteroatoms. The fraction of sp³-hybridized carbons (Fsp3) is 0.600. The van der Waals surface area contributed by atoms with Gasteiger partial charge in [-0.3, -0.25) is 0 Å². The topological polar surface area (TPSA) is 30.7 Å². The fourth-order valence-electron chi connectivity index (χ4n) is 2.17. The molecule has 0 N–H and O–H groups in total. The minimum absolute atomic E-state index is 0.811. The zero-order valence-corrected chi connectivity index (χ0v) is 13.6. The van der Waals surface area contributed by atoms with Crippen molar-refractivity contribution < 1.29 is 0 Å². The molecule has 0 atom stereocenters. The second-order valence-electron chi connectivity index (χ2n) is 5.63. The van der Waals surface area contributed by atoms with E-state index >= 15 is 0 Å². The smallest absolute Gasteiger partial charge is 0.114 e. The molecule has 3 nitrogen and oxygen atoms in total. The second kappa shape index (κ2) is 6.51. The van der Waals surface area contributed by atoms with Crippen LogP contribution in [0.4, 0.5) is 0 Å². The van der Waals surface area contributed by atoms with E-state index in [0.29, 0.717) is 0 Å². The third-order valence-electron chi connectivity index (χ3n) is 3.34. The van der Waals surface area contributed by atoms with E-state index in [1.165, 1.54) is 24.8 Å². The van der Waals surface area contributed by atoms with Crippen molar-refractivity contribution >= 4 is 27.0 Å². The summed E-state index contributed by atoms with van der Waals surface area (Å²) in [5.74, 6) is 0.811. The number of aryl methyl sites for hydroxylation is 2. The number of aromatic nitrogens is 3. The monoisotopic (exact) mass is 323 g/mol. The lowest BCUT2D eigenvalue weighted by atomic mass is 10.1. The van der Waals surface area contributed by atoms with E-state index in [4.69, 9.17) is 0 Å². The summed E-state index contributed by atoms with van der Waals surface area (Å²) in [5, 5.41) is 9.06. The third kappa shape index (κ3) is 4.03. The van der Waals surface area contributed by atoms with Crippen LogP contribution in [0.1, 0.15) is 45.1 Å². The summed E-state index contributed by atoms with van der Waals surface area (Å²) in [6, 6.07) is 4.13. The summed E-state index contributed by atoms with van der Waals surface area (Å²) in [6.45, 7) is 7.56. The highest BCUT2D eigenvalue weighted by molar-refractivity contribution is 9.10. The third-order valence-corrected chi connectivity index (χ3v) is 4.20. The molecule has 0 spiro atoms. The lowest BCUT2D eigenvalue weighted by Gasteiger charge is -2.03. The van der Waals surface area contributed by atoms with Crippen molar-refractivity contribution in [3.05, 3.63) is 22.2 Å². The van der Waals surface area contributed by atoms with E-state index in [2.05, 4.69) is 53.0 Å². The maximum absolute atomic E-state index is 4.53. The number of fused-ring (bicyclic) bond motifs is 1. The minimum Gasteiger partial charge on any atom is -0.184 e. The molecule has 0 unspecified atom stereocenters. The van der Waals surface area contributed by atoms with E-state index in [-0.39, 0.29) is 0 Å². The largest absolute Gasteiger partial charge is 0.184 e. The molecule has 2 aromatic rings. The van der Waals surface area contributed by atoms with Crippen LogP contribution in [0.2, 0.25) is 0 Å². The van der Waals surface area contributed by atoms with Crippen molar-refractivity contribution in [1.82, 2.24) is 15.0 Å². The van der Waals surface area contributed by atoms with Crippen molar-refractivity contribution in [3.63, 3.8) is 0 Å². The van der Waals surface area contributed by atoms with E-state index in [1.807, 2.05) is 10.9 Å². The molecular formula is C15H22BrN3. The van der Waals surface area contributed by atoms with E-state index < -0.39 is 0 Å². The van der Waals surface area contributed by atoms with E-state index in [0.717, 1.165) is 34.4 Å². The molecule has 0 bridgehead atoms. The van der Waals surface area contributed by atoms with Crippen molar-refractivity contribution in [2.24, 2.45) is 5.92 Å². The molecule has 0 aliphatic rings. The number of unbranched alkanes of at least 4 members (excludes halogenated alkanes) is 2. The highest BCUT2D eigenvalue weighted by Gasteiger charge is 2.05. The van der Waals surface area contributed by atoms with Gasteiger partial charge >= 0.3 is 0 Å². The summed E-state index contributed by atoms with van der Waals surface area (Å²) in [7, 11) is 0. The summed E-state index contributed by atoms with van der Waals surface area (Å²) >= 11 is 3.54. The highest BCUT2D eigenvalue weighted by Crippen LogP contribution is 2.21. The van der Waals surface area contributed by atoms with Crippen LogP contribution in [0.25, 0.3) is 11.0 Å². The quantitative estimate of drug-likeness (QED) is 0.720. The SMILES string of the molecule is Cc1cc2nn(CCCCCC(C)C)nc2cc1Br. The molecule has 19 heavy (non-hydrogen) atoms. The number of nitrogens with zero attached hydrogens (tertiary/aromatic N) is 3. The van der Waals surface area contributed by atoms with Crippen LogP contribution < -0.4 is 0 Å². The van der Waals surface area contributed by atoms with Crippen molar-refractivity contribution in [2.75, 3.05) is 0 Å². The summed E-state index contributed by atoms with van der Waals surface area (Å²) in [6.07, 6.45) is 5.05. The Morgan fingerprint density at radius 2 is 1.79 bits per heavy atom. The van der Waals surface area contributed by atoms with Gasteiger partial charge in [0.25, 0.3) is 0 Å². The molecule has 1 aromatic carbocycles. The van der Waals surface area contributed by atoms with Gasteiger partial charge in [-0.1, -0.05) is 49.0 Å². The van der Waals surface area contributed by atoms with E-state index in [1.54, 1.807) is 0 Å². The zero-order valence-electron chi connectivity index (χ0n) is 12.0. The molecule has 0 saturated heterocycles. The maximum atomic E-state index is 4.53. The van der Waals surface area contributed by atoms with Gasteiger partial charge < -0.3 is 0 Å². The lowest BCUT2D eigenvalue weighted by molar-refractivity contribution is 0.469. The molecule has 104 valence electrons. The summed E-state index contributed by atoms with van der Waals surface area (Å²) < 4.78 is 1.10. The highest BCUT2D eigenvalue weighted by atomic mass is 79.9. The molecule has 1 heterocycles. The molecule has 0 aliphatic heterocycles. The molecule has 0 amide bonds. The van der Waals surface area contributed by atoms with Crippen LogP contribution in [0.15, 0.2) is 16.6 Å². The summed E-state index contributed by atoms with van der Waals surface area (Å²) in [4.78, 5) is 1.84. The Labute approximate surface area is 123 Å². The zero-order chi connectivity index (χ0) is 13.8. The summed E-state index contributed by atoms with van der Waals surface area (Å²) in [5.41, 5.74) is 3.17. The van der Waals surface area contributed by atoms with Crippen molar-refractivity contribution in [2.45, 2.75) is 53.0 Å². The molecule has 0 saturated carbocycles. The maximum Gasteiger partial charge on any atom is 0.114 e. The lowest BCUT2D eigenvalue weighted by Crippen LogP contribution is -2.02. The Bertz CT molecular complexity index is 507. The molecule has 0 radical (unpaired) electrons. The van der Waals surface area contributed by atoms with Gasteiger partial charge in [-0.15, -0.1) is 0 Å². The molecule has 0 aliphatic carbocycles. The first kappa shape index (κ1) is 14.5. The van der Waals surface area contributed by atoms with Gasteiger partial charge in [0.1, 0.15) is 11.0 Å². The number of benzene rings is 1. The number of hydrogen-bond acceptors (Lipinski definition) is 2. The average molecular weight is 324 g/mol. The van der Waals surface area contributed by atoms with Crippen LogP contribution in [-0.4, -0.2) is 15.0 Å². The van der Waals surface area contributed by atoms with Gasteiger partial charge in [0.05, 0.1) is 6.54 Å². The molecule has 2 rings (SSSR count). The Hall–Kier alpha value is -0.900. The van der Waals surface area contributed by atoms with Gasteiger partial charge in [-0.25, -0.2) is 0 Å². The Morgan fingerprint density at radius 1 is 1.11 bits per heavy atom. The van der Waals surface area contributed by atoms with Gasteiger partial charge in [-0.05, 0) is 37.0 Å². The van der Waals surface area contributed by atoms with Crippen LogP contribution in [0.5, 0.6) is 0 Å². The first-order valence-corrected chi connectivity index (χ1v) is 7.86. The Morgan fingerprint density at radius 3 is 2.47 bits per heavy atom. The predicted octanol–water partition coefficient (Wildman–Crippen LogP) is 4.72. The number of halogens is 1. The minimum atomic E-state index is 0.811. The van der Waals surface area contributed by atoms with Crippen molar-refractivity contribution in [1.29, 1.82) is 0 Å². The fourth-order valence-corrected chi connectivity index (χ4v) is 2.50. The van der Waals surface area contributed by atoms with Crippen LogP contribution in [-0.2, 0) is 6.54 Å². The first-order valence-electron chi connectivity index (χ1n) is 7.07. The molecule has 1 aromatic heterocycles. The van der Waals surface area contributed by atoms with Gasteiger partial charge in [0.2, 0.25) is 0 Å². The normalized spacial score (nSPS) is 11.6. The molecular weight excluding hydrogens is 302 g/mol. The van der Waals surface area contributed by atoms with Crippen LogP contribution in [0.3, 0.4) is 0 Å². The second-order valence-corrected chi connectivity index (χ2v) is 6.48. The van der Waals surface area contributed by atoms with Crippen LogP contribution in [0, 0.1) is 12.8 Å².